The molecule has 0 aromatic heterocycles. The summed E-state index contributed by atoms with van der Waals surface area (Å²) in [5.74, 6) is 0.180. The molecule has 1 amide bonds. The Labute approximate surface area is 119 Å². The average molecular weight is 269 g/mol. The fourth-order valence-electron chi connectivity index (χ4n) is 3.31. The molecule has 1 atom stereocenters. The topological polar surface area (TPSA) is 56.1 Å². The number of nitrogens with zero attached hydrogens (tertiary/aromatic N) is 2. The van der Waals surface area contributed by atoms with E-state index < -0.39 is 0 Å². The summed E-state index contributed by atoms with van der Waals surface area (Å²) in [5.41, 5.74) is 0.724. The maximum absolute atomic E-state index is 11.9. The summed E-state index contributed by atoms with van der Waals surface area (Å²) in [5, 5.41) is 12.9. The van der Waals surface area contributed by atoms with Crippen LogP contribution in [0.1, 0.15) is 24.8 Å². The lowest BCUT2D eigenvalue weighted by Crippen LogP contribution is -2.55. The molecule has 1 aliphatic heterocycles. The second-order valence-electron chi connectivity index (χ2n) is 5.93. The molecule has 0 radical (unpaired) electrons. The van der Waals surface area contributed by atoms with Crippen molar-refractivity contribution in [2.45, 2.75) is 36.8 Å². The molecular weight excluding hydrogens is 250 g/mol. The lowest BCUT2D eigenvalue weighted by Gasteiger charge is -2.44. The highest BCUT2D eigenvalue weighted by Crippen LogP contribution is 2.43. The van der Waals surface area contributed by atoms with E-state index in [1.807, 2.05) is 37.4 Å². The summed E-state index contributed by atoms with van der Waals surface area (Å²) in [7, 11) is 1.84. The van der Waals surface area contributed by atoms with Gasteiger partial charge in [-0.3, -0.25) is 4.79 Å². The van der Waals surface area contributed by atoms with Gasteiger partial charge in [-0.1, -0.05) is 30.3 Å². The SMILES string of the molecule is CN1CCC(NC2CC(C#N)(c3ccccc3)C2)C1=O. The lowest BCUT2D eigenvalue weighted by molar-refractivity contribution is -0.128. The molecule has 20 heavy (non-hydrogen) atoms. The predicted octanol–water partition coefficient (Wildman–Crippen LogP) is 1.43. The summed E-state index contributed by atoms with van der Waals surface area (Å²) in [4.78, 5) is 13.6. The first-order valence-corrected chi connectivity index (χ1v) is 7.12. The first-order valence-electron chi connectivity index (χ1n) is 7.12. The van der Waals surface area contributed by atoms with Gasteiger partial charge in [0.25, 0.3) is 0 Å². The molecule has 3 rings (SSSR count). The van der Waals surface area contributed by atoms with Crippen LogP contribution in [-0.2, 0) is 10.2 Å². The maximum atomic E-state index is 11.9. The highest BCUT2D eigenvalue weighted by Gasteiger charge is 2.47. The molecule has 1 saturated heterocycles. The Morgan fingerprint density at radius 1 is 1.35 bits per heavy atom. The largest absolute Gasteiger partial charge is 0.344 e. The third kappa shape index (κ3) is 2.08. The Morgan fingerprint density at radius 2 is 2.05 bits per heavy atom. The van der Waals surface area contributed by atoms with Crippen LogP contribution in [0.3, 0.4) is 0 Å². The van der Waals surface area contributed by atoms with Crippen molar-refractivity contribution in [3.05, 3.63) is 35.9 Å². The first-order chi connectivity index (χ1) is 9.64. The van der Waals surface area contributed by atoms with Gasteiger partial charge in [0.15, 0.2) is 0 Å². The van der Waals surface area contributed by atoms with Gasteiger partial charge < -0.3 is 10.2 Å². The number of nitriles is 1. The van der Waals surface area contributed by atoms with Crippen LogP contribution in [0.2, 0.25) is 0 Å². The molecule has 1 saturated carbocycles. The number of amides is 1. The third-order valence-electron chi connectivity index (χ3n) is 4.59. The zero-order valence-electron chi connectivity index (χ0n) is 11.7. The fraction of sp³-hybridized carbons (Fsp3) is 0.500. The molecule has 1 aliphatic carbocycles. The van der Waals surface area contributed by atoms with E-state index in [1.54, 1.807) is 4.90 Å². The Hall–Kier alpha value is -1.86. The third-order valence-corrected chi connectivity index (χ3v) is 4.59. The molecule has 1 N–H and O–H groups in total. The molecule has 1 aromatic rings. The van der Waals surface area contributed by atoms with E-state index in [9.17, 15) is 10.1 Å². The van der Waals surface area contributed by atoms with E-state index in [-0.39, 0.29) is 23.4 Å². The summed E-state index contributed by atoms with van der Waals surface area (Å²) in [6.07, 6.45) is 2.46. The van der Waals surface area contributed by atoms with Crippen LogP contribution in [-0.4, -0.2) is 36.5 Å². The van der Waals surface area contributed by atoms with Crippen molar-refractivity contribution in [3.63, 3.8) is 0 Å². The van der Waals surface area contributed by atoms with Crippen LogP contribution >= 0.6 is 0 Å². The molecule has 4 heteroatoms. The van der Waals surface area contributed by atoms with Gasteiger partial charge in [-0.2, -0.15) is 5.26 Å². The van der Waals surface area contributed by atoms with Gasteiger partial charge in [0, 0.05) is 19.6 Å². The Morgan fingerprint density at radius 3 is 2.60 bits per heavy atom. The summed E-state index contributed by atoms with van der Waals surface area (Å²) in [6.45, 7) is 0.825. The van der Waals surface area contributed by atoms with Crippen LogP contribution in [0.4, 0.5) is 0 Å². The normalized spacial score (nSPS) is 32.8. The number of benzene rings is 1. The summed E-state index contributed by atoms with van der Waals surface area (Å²) >= 11 is 0. The van der Waals surface area contributed by atoms with E-state index >= 15 is 0 Å². The van der Waals surface area contributed by atoms with Gasteiger partial charge in [0.1, 0.15) is 0 Å². The molecule has 1 unspecified atom stereocenters. The van der Waals surface area contributed by atoms with Crippen molar-refractivity contribution in [2.24, 2.45) is 0 Å². The number of carbonyl (C=O) groups excluding carboxylic acids is 1. The molecule has 104 valence electrons. The summed E-state index contributed by atoms with van der Waals surface area (Å²) < 4.78 is 0. The van der Waals surface area contributed by atoms with Crippen molar-refractivity contribution >= 4 is 5.91 Å². The van der Waals surface area contributed by atoms with E-state index in [0.717, 1.165) is 31.4 Å². The molecular formula is C16H19N3O. The van der Waals surface area contributed by atoms with Gasteiger partial charge in [-0.25, -0.2) is 0 Å². The zero-order chi connectivity index (χ0) is 14.2. The predicted molar refractivity (Wildman–Crippen MR) is 75.9 cm³/mol. The van der Waals surface area contributed by atoms with Crippen molar-refractivity contribution in [1.29, 1.82) is 5.26 Å². The summed E-state index contributed by atoms with van der Waals surface area (Å²) in [6, 6.07) is 12.7. The van der Waals surface area contributed by atoms with Crippen LogP contribution in [0.25, 0.3) is 0 Å². The van der Waals surface area contributed by atoms with Gasteiger partial charge in [-0.05, 0) is 24.8 Å². The minimum Gasteiger partial charge on any atom is -0.344 e. The van der Waals surface area contributed by atoms with Gasteiger partial charge in [0.2, 0.25) is 5.91 Å². The smallest absolute Gasteiger partial charge is 0.239 e. The molecule has 4 nitrogen and oxygen atoms in total. The number of likely N-dealkylation sites (tertiary alicyclic amines) is 1. The van der Waals surface area contributed by atoms with Crippen LogP contribution in [0, 0.1) is 11.3 Å². The van der Waals surface area contributed by atoms with Crippen molar-refractivity contribution in [1.82, 2.24) is 10.2 Å². The fourth-order valence-corrected chi connectivity index (χ4v) is 3.31. The number of hydrogen-bond donors (Lipinski definition) is 1. The number of rotatable bonds is 3. The van der Waals surface area contributed by atoms with Crippen molar-refractivity contribution in [2.75, 3.05) is 13.6 Å². The van der Waals surface area contributed by atoms with Crippen molar-refractivity contribution < 1.29 is 4.79 Å². The van der Waals surface area contributed by atoms with E-state index in [4.69, 9.17) is 0 Å². The Bertz CT molecular complexity index is 543. The zero-order valence-corrected chi connectivity index (χ0v) is 11.7. The second-order valence-corrected chi connectivity index (χ2v) is 5.93. The minimum atomic E-state index is -0.369. The van der Waals surface area contributed by atoms with Crippen LogP contribution < -0.4 is 5.32 Å². The van der Waals surface area contributed by atoms with Crippen LogP contribution in [0.15, 0.2) is 30.3 Å². The van der Waals surface area contributed by atoms with Crippen LogP contribution in [0.5, 0.6) is 0 Å². The van der Waals surface area contributed by atoms with Gasteiger partial charge in [0.05, 0.1) is 17.5 Å². The lowest BCUT2D eigenvalue weighted by atomic mass is 9.62. The Balaban J connectivity index is 1.63. The number of nitrogens with one attached hydrogen (secondary N) is 1. The van der Waals surface area contributed by atoms with Crippen molar-refractivity contribution in [3.8, 4) is 6.07 Å². The number of hydrogen-bond acceptors (Lipinski definition) is 3. The van der Waals surface area contributed by atoms with Gasteiger partial charge >= 0.3 is 0 Å². The molecule has 0 bridgehead atoms. The Kier molecular flexibility index (Phi) is 3.23. The highest BCUT2D eigenvalue weighted by molar-refractivity contribution is 5.83. The minimum absolute atomic E-state index is 0.0579. The average Bonchev–Trinajstić information content (AvgIpc) is 2.75. The molecule has 1 aromatic carbocycles. The first kappa shape index (κ1) is 13.1. The molecule has 1 heterocycles. The molecule has 2 fully saturated rings. The second kappa shape index (κ2) is 4.92. The number of carbonyl (C=O) groups is 1. The van der Waals surface area contributed by atoms with E-state index in [1.165, 1.54) is 0 Å². The highest BCUT2D eigenvalue weighted by atomic mass is 16.2. The van der Waals surface area contributed by atoms with E-state index in [2.05, 4.69) is 11.4 Å². The van der Waals surface area contributed by atoms with E-state index in [0.29, 0.717) is 0 Å². The molecule has 0 spiro atoms. The number of likely N-dealkylation sites (N-methyl/N-ethyl adjacent to an activating group) is 1. The standard InChI is InChI=1S/C16H19N3O/c1-19-8-7-14(15(19)20)18-13-9-16(10-13,11-17)12-5-3-2-4-6-12/h2-6,13-14,18H,7-10H2,1H3. The maximum Gasteiger partial charge on any atom is 0.239 e. The molecule has 2 aliphatic rings. The van der Waals surface area contributed by atoms with Gasteiger partial charge in [-0.15, -0.1) is 0 Å². The monoisotopic (exact) mass is 269 g/mol. The quantitative estimate of drug-likeness (QED) is 0.903.